The summed E-state index contributed by atoms with van der Waals surface area (Å²) in [7, 11) is 0. The lowest BCUT2D eigenvalue weighted by molar-refractivity contribution is -0.142. The number of nitrogens with zero attached hydrogens (tertiary/aromatic N) is 1. The molecule has 21 heavy (non-hydrogen) atoms. The van der Waals surface area contributed by atoms with Crippen LogP contribution in [0.5, 0.6) is 0 Å². The molecule has 1 heterocycles. The second-order valence-electron chi connectivity index (χ2n) is 5.72. The van der Waals surface area contributed by atoms with E-state index in [1.54, 1.807) is 6.20 Å². The summed E-state index contributed by atoms with van der Waals surface area (Å²) in [6.07, 6.45) is 6.12. The summed E-state index contributed by atoms with van der Waals surface area (Å²) < 4.78 is 5.87. The number of fused-ring (bicyclic) bond motifs is 1. The molecule has 3 nitrogen and oxygen atoms in total. The molecule has 1 aromatic heterocycles. The van der Waals surface area contributed by atoms with E-state index in [4.69, 9.17) is 4.74 Å². The maximum absolute atomic E-state index is 12.8. The fourth-order valence-corrected chi connectivity index (χ4v) is 3.37. The lowest BCUT2D eigenvalue weighted by Crippen LogP contribution is -2.40. The number of carbonyl (C=O) groups excluding carboxylic acids is 1. The van der Waals surface area contributed by atoms with Gasteiger partial charge in [0.2, 0.25) is 0 Å². The molecular formula is C18H21NO2. The van der Waals surface area contributed by atoms with Gasteiger partial charge < -0.3 is 4.74 Å². The molecule has 2 aromatic rings. The summed E-state index contributed by atoms with van der Waals surface area (Å²) in [5.41, 5.74) is 1.45. The number of Topliss-reactive ketones (excluding diaryl/α,β-unsaturated/α-hetero) is 1. The average Bonchev–Trinajstić information content (AvgIpc) is 2.98. The molecule has 0 spiro atoms. The van der Waals surface area contributed by atoms with Gasteiger partial charge in [0.25, 0.3) is 0 Å². The number of pyridine rings is 1. The van der Waals surface area contributed by atoms with Gasteiger partial charge in [0.1, 0.15) is 5.60 Å². The van der Waals surface area contributed by atoms with Crippen molar-refractivity contribution in [1.29, 1.82) is 0 Å². The van der Waals surface area contributed by atoms with E-state index < -0.39 is 5.60 Å². The highest BCUT2D eigenvalue weighted by atomic mass is 16.5. The maximum Gasteiger partial charge on any atom is 0.168 e. The summed E-state index contributed by atoms with van der Waals surface area (Å²) in [5, 5.41) is 1.07. The molecule has 1 aliphatic rings. The zero-order chi connectivity index (χ0) is 14.7. The molecule has 0 N–H and O–H groups in total. The summed E-state index contributed by atoms with van der Waals surface area (Å²) in [6.45, 7) is 2.57. The van der Waals surface area contributed by atoms with Crippen LogP contribution in [-0.2, 0) is 16.0 Å². The van der Waals surface area contributed by atoms with Crippen molar-refractivity contribution in [2.45, 2.75) is 44.6 Å². The first-order chi connectivity index (χ1) is 10.2. The van der Waals surface area contributed by atoms with Crippen LogP contribution in [0.1, 0.15) is 38.2 Å². The number of hydrogen-bond donors (Lipinski definition) is 0. The minimum absolute atomic E-state index is 0.221. The van der Waals surface area contributed by atoms with Crippen LogP contribution in [0.3, 0.4) is 0 Å². The lowest BCUT2D eigenvalue weighted by Gasteiger charge is -2.27. The van der Waals surface area contributed by atoms with Crippen LogP contribution in [0.2, 0.25) is 0 Å². The summed E-state index contributed by atoms with van der Waals surface area (Å²) in [4.78, 5) is 17.2. The van der Waals surface area contributed by atoms with Crippen LogP contribution in [0.25, 0.3) is 10.9 Å². The number of benzene rings is 1. The Morgan fingerprint density at radius 1 is 1.24 bits per heavy atom. The first-order valence-corrected chi connectivity index (χ1v) is 7.75. The summed E-state index contributed by atoms with van der Waals surface area (Å²) in [5.74, 6) is 0.221. The Hall–Kier alpha value is -1.74. The average molecular weight is 283 g/mol. The minimum Gasteiger partial charge on any atom is -0.367 e. The highest BCUT2D eigenvalue weighted by Gasteiger charge is 2.41. The third-order valence-corrected chi connectivity index (χ3v) is 4.43. The SMILES string of the molecule is CCOC1(C(=O)Cc2ccnc3ccccc23)CCCC1. The molecule has 1 aliphatic carbocycles. The van der Waals surface area contributed by atoms with Gasteiger partial charge in [0.05, 0.1) is 5.52 Å². The van der Waals surface area contributed by atoms with Gasteiger partial charge in [-0.15, -0.1) is 0 Å². The molecule has 0 aliphatic heterocycles. The van der Waals surface area contributed by atoms with E-state index in [1.807, 2.05) is 37.3 Å². The van der Waals surface area contributed by atoms with Gasteiger partial charge in [-0.2, -0.15) is 0 Å². The first-order valence-electron chi connectivity index (χ1n) is 7.75. The molecule has 0 atom stereocenters. The second-order valence-corrected chi connectivity index (χ2v) is 5.72. The normalized spacial score (nSPS) is 17.2. The van der Waals surface area contributed by atoms with E-state index in [9.17, 15) is 4.79 Å². The van der Waals surface area contributed by atoms with Crippen LogP contribution in [0.15, 0.2) is 36.5 Å². The molecule has 0 amide bonds. The highest BCUT2D eigenvalue weighted by Crippen LogP contribution is 2.35. The Bertz CT molecular complexity index is 639. The Morgan fingerprint density at radius 3 is 2.76 bits per heavy atom. The van der Waals surface area contributed by atoms with E-state index in [1.165, 1.54) is 0 Å². The number of hydrogen-bond acceptors (Lipinski definition) is 3. The molecule has 0 saturated heterocycles. The standard InChI is InChI=1S/C18H21NO2/c1-2-21-18(10-5-6-11-18)17(20)13-14-9-12-19-16-8-4-3-7-15(14)16/h3-4,7-9,12H,2,5-6,10-11,13H2,1H3. The van der Waals surface area contributed by atoms with Crippen molar-refractivity contribution in [1.82, 2.24) is 4.98 Å². The predicted molar refractivity (Wildman–Crippen MR) is 83.3 cm³/mol. The molecule has 0 radical (unpaired) electrons. The monoisotopic (exact) mass is 283 g/mol. The molecule has 0 unspecified atom stereocenters. The van der Waals surface area contributed by atoms with Gasteiger partial charge in [-0.1, -0.05) is 18.2 Å². The molecule has 0 bridgehead atoms. The van der Waals surface area contributed by atoms with Crippen LogP contribution < -0.4 is 0 Å². The van der Waals surface area contributed by atoms with Gasteiger partial charge >= 0.3 is 0 Å². The van der Waals surface area contributed by atoms with E-state index in [-0.39, 0.29) is 5.78 Å². The van der Waals surface area contributed by atoms with Crippen LogP contribution in [0, 0.1) is 0 Å². The van der Waals surface area contributed by atoms with Gasteiger partial charge in [0.15, 0.2) is 5.78 Å². The van der Waals surface area contributed by atoms with Crippen molar-refractivity contribution in [2.24, 2.45) is 0 Å². The lowest BCUT2D eigenvalue weighted by atomic mass is 9.90. The zero-order valence-corrected chi connectivity index (χ0v) is 12.5. The second kappa shape index (κ2) is 5.94. The number of para-hydroxylation sites is 1. The quantitative estimate of drug-likeness (QED) is 0.840. The van der Waals surface area contributed by atoms with Crippen molar-refractivity contribution in [3.8, 4) is 0 Å². The van der Waals surface area contributed by atoms with Gasteiger partial charge in [-0.25, -0.2) is 0 Å². The Balaban J connectivity index is 1.89. The summed E-state index contributed by atoms with van der Waals surface area (Å²) >= 11 is 0. The first kappa shape index (κ1) is 14.2. The van der Waals surface area contributed by atoms with Gasteiger partial charge in [0, 0.05) is 24.6 Å². The van der Waals surface area contributed by atoms with Crippen molar-refractivity contribution < 1.29 is 9.53 Å². The van der Waals surface area contributed by atoms with Crippen molar-refractivity contribution in [2.75, 3.05) is 6.61 Å². The Morgan fingerprint density at radius 2 is 2.00 bits per heavy atom. The van der Waals surface area contributed by atoms with Crippen molar-refractivity contribution in [3.05, 3.63) is 42.1 Å². The van der Waals surface area contributed by atoms with E-state index >= 15 is 0 Å². The fourth-order valence-electron chi connectivity index (χ4n) is 3.37. The smallest absolute Gasteiger partial charge is 0.168 e. The molecule has 3 rings (SSSR count). The zero-order valence-electron chi connectivity index (χ0n) is 12.5. The molecule has 1 fully saturated rings. The van der Waals surface area contributed by atoms with E-state index in [0.717, 1.165) is 42.1 Å². The van der Waals surface area contributed by atoms with Crippen molar-refractivity contribution >= 4 is 16.7 Å². The summed E-state index contributed by atoms with van der Waals surface area (Å²) in [6, 6.07) is 9.93. The molecule has 1 aromatic carbocycles. The molecule has 3 heteroatoms. The van der Waals surface area contributed by atoms with Gasteiger partial charge in [-0.05, 0) is 50.3 Å². The minimum atomic E-state index is -0.543. The Labute approximate surface area is 125 Å². The van der Waals surface area contributed by atoms with Crippen LogP contribution in [-0.4, -0.2) is 23.0 Å². The van der Waals surface area contributed by atoms with Crippen LogP contribution in [0.4, 0.5) is 0 Å². The largest absolute Gasteiger partial charge is 0.367 e. The fraction of sp³-hybridized carbons (Fsp3) is 0.444. The number of ketones is 1. The number of ether oxygens (including phenoxy) is 1. The number of rotatable bonds is 5. The maximum atomic E-state index is 12.8. The number of carbonyl (C=O) groups is 1. The third kappa shape index (κ3) is 2.70. The number of aromatic nitrogens is 1. The third-order valence-electron chi connectivity index (χ3n) is 4.43. The predicted octanol–water partition coefficient (Wildman–Crippen LogP) is 3.70. The highest BCUT2D eigenvalue weighted by molar-refractivity contribution is 5.93. The van der Waals surface area contributed by atoms with E-state index in [2.05, 4.69) is 4.98 Å². The van der Waals surface area contributed by atoms with E-state index in [0.29, 0.717) is 13.0 Å². The molecule has 1 saturated carbocycles. The topological polar surface area (TPSA) is 39.2 Å². The van der Waals surface area contributed by atoms with Gasteiger partial charge in [-0.3, -0.25) is 9.78 Å². The van der Waals surface area contributed by atoms with Crippen molar-refractivity contribution in [3.63, 3.8) is 0 Å². The molecular weight excluding hydrogens is 262 g/mol. The molecule has 110 valence electrons. The Kier molecular flexibility index (Phi) is 4.02. The van der Waals surface area contributed by atoms with Crippen LogP contribution >= 0.6 is 0 Å².